The number of hydrogen-bond acceptors (Lipinski definition) is 2. The van der Waals surface area contributed by atoms with Gasteiger partial charge in [0.2, 0.25) is 11.8 Å². The van der Waals surface area contributed by atoms with Crippen LogP contribution in [-0.4, -0.2) is 16.7 Å². The third-order valence-electron chi connectivity index (χ3n) is 5.35. The predicted octanol–water partition coefficient (Wildman–Crippen LogP) is 3.69. The Bertz CT molecular complexity index is 707. The Morgan fingerprint density at radius 1 is 1.14 bits per heavy atom. The van der Waals surface area contributed by atoms with E-state index in [-0.39, 0.29) is 42.0 Å². The van der Waals surface area contributed by atoms with Crippen LogP contribution >= 0.6 is 23.2 Å². The van der Waals surface area contributed by atoms with Gasteiger partial charge in [-0.2, -0.15) is 0 Å². The molecule has 1 heterocycles. The molecule has 5 heteroatoms. The zero-order valence-corrected chi connectivity index (χ0v) is 13.6. The number of nitrogens with zero attached hydrogens (tertiary/aromatic N) is 1. The van der Waals surface area contributed by atoms with E-state index in [1.54, 1.807) is 18.2 Å². The number of imide groups is 1. The molecule has 4 atom stereocenters. The van der Waals surface area contributed by atoms with Crippen molar-refractivity contribution < 1.29 is 9.59 Å². The third-order valence-corrected chi connectivity index (χ3v) is 6.06. The molecule has 1 aromatic carbocycles. The summed E-state index contributed by atoms with van der Waals surface area (Å²) in [4.78, 5) is 26.8. The van der Waals surface area contributed by atoms with Gasteiger partial charge in [0.1, 0.15) is 0 Å². The van der Waals surface area contributed by atoms with E-state index in [0.717, 1.165) is 6.42 Å². The molecule has 0 spiro atoms. The summed E-state index contributed by atoms with van der Waals surface area (Å²) >= 11 is 12.3. The van der Waals surface area contributed by atoms with E-state index in [0.29, 0.717) is 15.6 Å². The van der Waals surface area contributed by atoms with Crippen LogP contribution in [0.1, 0.15) is 18.9 Å². The summed E-state index contributed by atoms with van der Waals surface area (Å²) in [7, 11) is 0. The van der Waals surface area contributed by atoms with Gasteiger partial charge in [-0.05, 0) is 37.3 Å². The number of hydrogen-bond donors (Lipinski definition) is 0. The highest BCUT2D eigenvalue weighted by atomic mass is 35.5. The van der Waals surface area contributed by atoms with Gasteiger partial charge in [0.05, 0.1) is 18.4 Å². The standard InChI is InChI=1S/C17H15Cl2NO2/c1-8-5-9-6-10(8)15-14(9)16(21)20(17(15)22)7-11-12(18)3-2-4-13(11)19/h2-5,9-10,14-15H,6-7H2,1H3/t9-,10-,14+,15+/m0/s1. The average molecular weight is 336 g/mol. The molecule has 1 aromatic rings. The summed E-state index contributed by atoms with van der Waals surface area (Å²) in [6, 6.07) is 5.21. The summed E-state index contributed by atoms with van der Waals surface area (Å²) in [6.45, 7) is 2.23. The van der Waals surface area contributed by atoms with Crippen molar-refractivity contribution >= 4 is 35.0 Å². The van der Waals surface area contributed by atoms with Crippen LogP contribution in [0.5, 0.6) is 0 Å². The highest BCUT2D eigenvalue weighted by molar-refractivity contribution is 6.36. The normalized spacial score (nSPS) is 32.7. The maximum Gasteiger partial charge on any atom is 0.234 e. The van der Waals surface area contributed by atoms with Gasteiger partial charge in [0.15, 0.2) is 0 Å². The van der Waals surface area contributed by atoms with Crippen LogP contribution in [0, 0.1) is 23.7 Å². The van der Waals surface area contributed by atoms with Crippen molar-refractivity contribution in [2.45, 2.75) is 19.9 Å². The fraction of sp³-hybridized carbons (Fsp3) is 0.412. The van der Waals surface area contributed by atoms with Crippen molar-refractivity contribution in [1.29, 1.82) is 0 Å². The second-order valence-electron chi connectivity index (χ2n) is 6.43. The number of rotatable bonds is 2. The molecule has 3 nitrogen and oxygen atoms in total. The van der Waals surface area contributed by atoms with Crippen molar-refractivity contribution in [3.63, 3.8) is 0 Å². The Morgan fingerprint density at radius 2 is 1.77 bits per heavy atom. The van der Waals surface area contributed by atoms with E-state index in [4.69, 9.17) is 23.2 Å². The van der Waals surface area contributed by atoms with Crippen LogP contribution in [0.3, 0.4) is 0 Å². The Labute approximate surface area is 138 Å². The second kappa shape index (κ2) is 4.84. The molecule has 2 bridgehead atoms. The molecule has 2 amide bonds. The minimum Gasteiger partial charge on any atom is -0.277 e. The molecule has 0 N–H and O–H groups in total. The molecule has 3 aliphatic rings. The lowest BCUT2D eigenvalue weighted by atomic mass is 9.82. The lowest BCUT2D eigenvalue weighted by Crippen LogP contribution is -2.32. The van der Waals surface area contributed by atoms with Gasteiger partial charge < -0.3 is 0 Å². The fourth-order valence-electron chi connectivity index (χ4n) is 4.33. The number of carbonyl (C=O) groups is 2. The van der Waals surface area contributed by atoms with Crippen molar-refractivity contribution in [1.82, 2.24) is 4.90 Å². The summed E-state index contributed by atoms with van der Waals surface area (Å²) in [5, 5.41) is 0.977. The largest absolute Gasteiger partial charge is 0.277 e. The molecular formula is C17H15Cl2NO2. The van der Waals surface area contributed by atoms with Crippen LogP contribution in [0.25, 0.3) is 0 Å². The second-order valence-corrected chi connectivity index (χ2v) is 7.25. The quantitative estimate of drug-likeness (QED) is 0.610. The highest BCUT2D eigenvalue weighted by Gasteiger charge is 2.60. The molecule has 4 rings (SSSR count). The smallest absolute Gasteiger partial charge is 0.234 e. The van der Waals surface area contributed by atoms with Crippen molar-refractivity contribution in [2.75, 3.05) is 0 Å². The lowest BCUT2D eigenvalue weighted by molar-refractivity contribution is -0.141. The van der Waals surface area contributed by atoms with E-state index in [2.05, 4.69) is 13.0 Å². The summed E-state index contributed by atoms with van der Waals surface area (Å²) in [5.41, 5.74) is 1.90. The zero-order chi connectivity index (χ0) is 15.6. The number of benzene rings is 1. The van der Waals surface area contributed by atoms with Crippen LogP contribution in [0.2, 0.25) is 10.0 Å². The number of likely N-dealkylation sites (tertiary alicyclic amines) is 1. The molecule has 1 saturated heterocycles. The van der Waals surface area contributed by atoms with Gasteiger partial charge >= 0.3 is 0 Å². The van der Waals surface area contributed by atoms with E-state index in [1.807, 2.05) is 0 Å². The first-order chi connectivity index (χ1) is 10.5. The van der Waals surface area contributed by atoms with Gasteiger partial charge in [0, 0.05) is 15.6 Å². The van der Waals surface area contributed by atoms with Gasteiger partial charge in [-0.3, -0.25) is 14.5 Å². The zero-order valence-electron chi connectivity index (χ0n) is 12.1. The maximum atomic E-state index is 12.8. The molecule has 1 saturated carbocycles. The van der Waals surface area contributed by atoms with E-state index in [9.17, 15) is 9.59 Å². The highest BCUT2D eigenvalue weighted by Crippen LogP contribution is 2.55. The van der Waals surface area contributed by atoms with Crippen LogP contribution in [0.4, 0.5) is 0 Å². The van der Waals surface area contributed by atoms with Crippen LogP contribution in [0.15, 0.2) is 29.8 Å². The summed E-state index contributed by atoms with van der Waals surface area (Å²) in [6.07, 6.45) is 3.11. The Morgan fingerprint density at radius 3 is 2.45 bits per heavy atom. The third kappa shape index (κ3) is 1.82. The Kier molecular flexibility index (Phi) is 3.14. The molecule has 2 aliphatic carbocycles. The monoisotopic (exact) mass is 335 g/mol. The van der Waals surface area contributed by atoms with Crippen LogP contribution in [-0.2, 0) is 16.1 Å². The topological polar surface area (TPSA) is 37.4 Å². The minimum atomic E-state index is -0.178. The Balaban J connectivity index is 1.66. The fourth-order valence-corrected chi connectivity index (χ4v) is 4.85. The van der Waals surface area contributed by atoms with Crippen molar-refractivity contribution in [3.05, 3.63) is 45.5 Å². The van der Waals surface area contributed by atoms with E-state index >= 15 is 0 Å². The number of halogens is 2. The number of carbonyl (C=O) groups excluding carboxylic acids is 2. The van der Waals surface area contributed by atoms with E-state index < -0.39 is 0 Å². The molecule has 0 unspecified atom stereocenters. The minimum absolute atomic E-state index is 0.0639. The van der Waals surface area contributed by atoms with Gasteiger partial charge in [-0.25, -0.2) is 0 Å². The first kappa shape index (κ1) is 14.3. The predicted molar refractivity (Wildman–Crippen MR) is 84.4 cm³/mol. The average Bonchev–Trinajstić information content (AvgIpc) is 3.08. The molecular weight excluding hydrogens is 321 g/mol. The Hall–Kier alpha value is -1.32. The molecule has 0 radical (unpaired) electrons. The SMILES string of the molecule is CC1=C[C@H]2C[C@@H]1[C@H]1C(=O)N(Cc3c(Cl)cccc3Cl)C(=O)[C@@H]12. The van der Waals surface area contributed by atoms with Crippen molar-refractivity contribution in [3.8, 4) is 0 Å². The number of allylic oxidation sites excluding steroid dienone is 2. The van der Waals surface area contributed by atoms with Gasteiger partial charge in [-0.15, -0.1) is 0 Å². The van der Waals surface area contributed by atoms with Crippen molar-refractivity contribution in [2.24, 2.45) is 23.7 Å². The molecule has 114 valence electrons. The first-order valence-corrected chi connectivity index (χ1v) is 8.21. The molecule has 0 aromatic heterocycles. The van der Waals surface area contributed by atoms with E-state index in [1.165, 1.54) is 10.5 Å². The maximum absolute atomic E-state index is 12.8. The molecule has 2 fully saturated rings. The van der Waals surface area contributed by atoms with Gasteiger partial charge in [-0.1, -0.05) is 40.9 Å². The molecule has 22 heavy (non-hydrogen) atoms. The first-order valence-electron chi connectivity index (χ1n) is 7.45. The lowest BCUT2D eigenvalue weighted by Gasteiger charge is -2.19. The summed E-state index contributed by atoms with van der Waals surface area (Å²) < 4.78 is 0. The summed E-state index contributed by atoms with van der Waals surface area (Å²) in [5.74, 6) is -0.0317. The molecule has 1 aliphatic heterocycles. The number of amides is 2. The van der Waals surface area contributed by atoms with Gasteiger partial charge in [0.25, 0.3) is 0 Å². The number of fused-ring (bicyclic) bond motifs is 5. The van der Waals surface area contributed by atoms with Crippen LogP contribution < -0.4 is 0 Å².